The van der Waals surface area contributed by atoms with Crippen LogP contribution in [0.2, 0.25) is 20.0 Å². The van der Waals surface area contributed by atoms with Gasteiger partial charge in [0, 0.05) is 19.7 Å². The lowest BCUT2D eigenvalue weighted by atomic mass is 9.53. The Balaban J connectivity index is -0.00000000647. The van der Waals surface area contributed by atoms with Crippen molar-refractivity contribution < 1.29 is 2.85 Å². The van der Waals surface area contributed by atoms with Gasteiger partial charge in [0.25, 0.3) is 0 Å². The van der Waals surface area contributed by atoms with Crippen LogP contribution in [0.3, 0.4) is 0 Å². The Morgan fingerprint density at radius 1 is 0.429 bits per heavy atom. The molecule has 186 valence electrons. The molecule has 28 heavy (non-hydrogen) atoms. The molecule has 0 aromatic carbocycles. The van der Waals surface area contributed by atoms with Gasteiger partial charge in [-0.1, -0.05) is 172 Å². The van der Waals surface area contributed by atoms with Crippen molar-refractivity contribution in [1.82, 2.24) is 0 Å². The zero-order chi connectivity index (χ0) is 22.4. The molecule has 0 heterocycles. The summed E-state index contributed by atoms with van der Waals surface area (Å²) in [5.41, 5.74) is 0. The highest BCUT2D eigenvalue weighted by Gasteiger charge is 1.86. The van der Waals surface area contributed by atoms with E-state index in [1.807, 2.05) is 69.2 Å². The molecule has 0 aromatic heterocycles. The van der Waals surface area contributed by atoms with Crippen LogP contribution in [0.4, 0.5) is 0 Å². The molecule has 0 aliphatic heterocycles. The predicted octanol–water partition coefficient (Wildman–Crippen LogP) is 12.1. The Hall–Kier alpha value is 0.195. The van der Waals surface area contributed by atoms with Crippen LogP contribution in [-0.4, -0.2) is 23.5 Å². The largest absolute Gasteiger partial charge is 0.133 e. The van der Waals surface area contributed by atoms with E-state index in [-0.39, 0.29) is 34.5 Å². The summed E-state index contributed by atoms with van der Waals surface area (Å²) in [6.45, 7) is 40.3. The molecule has 0 aromatic rings. The van der Waals surface area contributed by atoms with Crippen LogP contribution in [0, 0.1) is 0 Å². The van der Waals surface area contributed by atoms with Crippen LogP contribution in [0.15, 0.2) is 0 Å². The maximum absolute atomic E-state index is 2.22. The van der Waals surface area contributed by atoms with Crippen molar-refractivity contribution in [3.63, 3.8) is 0 Å². The second-order valence-electron chi connectivity index (χ2n) is 3.92. The van der Waals surface area contributed by atoms with Crippen molar-refractivity contribution in [3.05, 3.63) is 0 Å². The van der Waals surface area contributed by atoms with Gasteiger partial charge in [-0.15, -0.1) is 0 Å². The summed E-state index contributed by atoms with van der Waals surface area (Å²) < 4.78 is 0. The van der Waals surface area contributed by atoms with Gasteiger partial charge in [0.2, 0.25) is 0 Å². The van der Waals surface area contributed by atoms with Crippen molar-refractivity contribution >= 4 is 23.5 Å². The van der Waals surface area contributed by atoms with Crippen molar-refractivity contribution in [2.45, 2.75) is 172 Å². The van der Waals surface area contributed by atoms with Crippen molar-refractivity contribution in [1.29, 1.82) is 0 Å². The first-order valence-corrected chi connectivity index (χ1v) is 11.5. The molecule has 0 bridgehead atoms. The monoisotopic (exact) mass is 413 g/mol. The van der Waals surface area contributed by atoms with Crippen LogP contribution >= 0.6 is 0 Å². The minimum Gasteiger partial charge on any atom is -0.0863 e. The fourth-order valence-electron chi connectivity index (χ4n) is 0. The van der Waals surface area contributed by atoms with Crippen LogP contribution in [0.25, 0.3) is 0 Å². The number of hydrogen-bond acceptors (Lipinski definition) is 0. The zero-order valence-corrected chi connectivity index (χ0v) is 23.6. The first-order valence-electron chi connectivity index (χ1n) is 11.5. The summed E-state index contributed by atoms with van der Waals surface area (Å²) in [5.74, 6) is 0. The van der Waals surface area contributed by atoms with Crippen LogP contribution in [-0.2, 0) is 0 Å². The molecule has 0 saturated heterocycles. The normalized spacial score (nSPS) is 4.39. The van der Waals surface area contributed by atoms with E-state index >= 15 is 0 Å². The molecule has 0 atom stereocenters. The average molecular weight is 412 g/mol. The van der Waals surface area contributed by atoms with Crippen LogP contribution in [0.1, 0.15) is 155 Å². The standard InChI is InChI=1S/C4H11B.3C3H8.5C2H6.2CH4.2B.2H2/c1-4-5(2)3;3*1-3-2;5*1-2;;;;;;/h4H2,1-3H3;3*3H2,1-2H3;5*1-2H3;2*1H4;;;2*1H/i;;;;;;;;;;;;;2*1+1. The minimum absolute atomic E-state index is 0. The van der Waals surface area contributed by atoms with E-state index in [9.17, 15) is 0 Å². The molecule has 0 saturated carbocycles. The molecule has 0 spiro atoms. The lowest BCUT2D eigenvalue weighted by Crippen LogP contribution is -1.92. The fraction of sp³-hybridized carbons (Fsp3) is 1.00. The number of hydrogen-bond donors (Lipinski definition) is 0. The van der Waals surface area contributed by atoms with Crippen molar-refractivity contribution in [2.75, 3.05) is 0 Å². The molecular formula is C25H77B3. The quantitative estimate of drug-likeness (QED) is 0.376. The van der Waals surface area contributed by atoms with Crippen LogP contribution < -0.4 is 0 Å². The smallest absolute Gasteiger partial charge is 0.0863 e. The molecule has 0 fully saturated rings. The Morgan fingerprint density at radius 3 is 0.464 bits per heavy atom. The van der Waals surface area contributed by atoms with E-state index in [2.05, 4.69) is 62.1 Å². The van der Waals surface area contributed by atoms with Gasteiger partial charge in [0.05, 0.1) is 0 Å². The SMILES string of the molecule is C.C.CC.CC.CC.CC.CC.CCB(C)C.CCC.CCC.CCC.[2HH].[2HH].[B].[B]. The molecule has 0 nitrogen and oxygen atoms in total. The first-order chi connectivity index (χ1) is 11.5. The molecule has 0 aliphatic carbocycles. The Bertz CT molecular complexity index is 56.9. The van der Waals surface area contributed by atoms with E-state index < -0.39 is 0 Å². The summed E-state index contributed by atoms with van der Waals surface area (Å²) in [7, 11) is 0. The summed E-state index contributed by atoms with van der Waals surface area (Å²) in [5, 5.41) is 0. The molecule has 3 heteroatoms. The zero-order valence-electron chi connectivity index (χ0n) is 23.6. The van der Waals surface area contributed by atoms with Gasteiger partial charge in [-0.2, -0.15) is 0 Å². The Morgan fingerprint density at radius 2 is 0.464 bits per heavy atom. The Labute approximate surface area is 198 Å². The number of rotatable bonds is 1. The lowest BCUT2D eigenvalue weighted by molar-refractivity contribution is 1.09. The molecule has 6 radical (unpaired) electrons. The maximum atomic E-state index is 2.22. The maximum Gasteiger partial charge on any atom is 0.133 e. The lowest BCUT2D eigenvalue weighted by Gasteiger charge is -1.84. The van der Waals surface area contributed by atoms with E-state index in [0.29, 0.717) is 0 Å². The third-order valence-electron chi connectivity index (χ3n) is 0.816. The third kappa shape index (κ3) is 3450. The molecule has 0 aliphatic rings. The van der Waals surface area contributed by atoms with Gasteiger partial charge in [-0.05, 0) is 0 Å². The summed E-state index contributed by atoms with van der Waals surface area (Å²) >= 11 is 0. The molecule has 0 unspecified atom stereocenters. The highest BCUT2D eigenvalue weighted by atomic mass is 13.5. The van der Waals surface area contributed by atoms with Gasteiger partial charge < -0.3 is 0 Å². The van der Waals surface area contributed by atoms with Gasteiger partial charge >= 0.3 is 0 Å². The summed E-state index contributed by atoms with van der Waals surface area (Å²) in [6, 6.07) is 0. The summed E-state index contributed by atoms with van der Waals surface area (Å²) in [6.07, 6.45) is 5.06. The summed E-state index contributed by atoms with van der Waals surface area (Å²) in [4.78, 5) is 0. The predicted molar refractivity (Wildman–Crippen MR) is 162 cm³/mol. The fourth-order valence-corrected chi connectivity index (χ4v) is 0. The van der Waals surface area contributed by atoms with Crippen LogP contribution in [0.5, 0.6) is 0 Å². The Kier molecular flexibility index (Phi) is 1160. The topological polar surface area (TPSA) is 0 Å². The molecule has 0 N–H and O–H groups in total. The molecule has 0 rings (SSSR count). The van der Waals surface area contributed by atoms with Gasteiger partial charge in [0.15, 0.2) is 0 Å². The van der Waals surface area contributed by atoms with Gasteiger partial charge in [0.1, 0.15) is 6.71 Å². The second kappa shape index (κ2) is 360. The van der Waals surface area contributed by atoms with Crippen molar-refractivity contribution in [3.8, 4) is 0 Å². The highest BCUT2D eigenvalue weighted by molar-refractivity contribution is 6.55. The van der Waals surface area contributed by atoms with E-state index in [1.165, 1.54) is 25.6 Å². The molecular weight excluding hydrogens is 333 g/mol. The molecule has 0 amide bonds. The average Bonchev–Trinajstić information content (AvgIpc) is 2.65. The first kappa shape index (κ1) is 90.3. The third-order valence-corrected chi connectivity index (χ3v) is 0.816. The van der Waals surface area contributed by atoms with E-state index in [0.717, 1.165) is 6.71 Å². The van der Waals surface area contributed by atoms with E-state index in [4.69, 9.17) is 0 Å². The van der Waals surface area contributed by atoms with Gasteiger partial charge in [-0.3, -0.25) is 0 Å². The van der Waals surface area contributed by atoms with Gasteiger partial charge in [-0.25, -0.2) is 0 Å². The van der Waals surface area contributed by atoms with Crippen molar-refractivity contribution in [2.24, 2.45) is 0 Å². The highest BCUT2D eigenvalue weighted by Crippen LogP contribution is 1.83. The second-order valence-corrected chi connectivity index (χ2v) is 3.92. The van der Waals surface area contributed by atoms with E-state index in [1.54, 1.807) is 0 Å². The minimum atomic E-state index is 0.